The molecule has 1 amide bonds. The largest absolute Gasteiger partial charge is 0.322 e. The number of carbonyl (C=O) groups excluding carboxylic acids is 1. The van der Waals surface area contributed by atoms with E-state index in [1.165, 1.54) is 22.5 Å². The van der Waals surface area contributed by atoms with E-state index in [4.69, 9.17) is 23.2 Å². The predicted molar refractivity (Wildman–Crippen MR) is 103 cm³/mol. The number of anilines is 1. The first-order valence-electron chi connectivity index (χ1n) is 8.24. The van der Waals surface area contributed by atoms with Gasteiger partial charge in [0.25, 0.3) is 5.91 Å². The molecule has 1 N–H and O–H groups in total. The molecule has 0 radical (unpaired) electrons. The zero-order valence-electron chi connectivity index (χ0n) is 13.9. The van der Waals surface area contributed by atoms with Crippen LogP contribution in [0.1, 0.15) is 29.6 Å². The highest BCUT2D eigenvalue weighted by Gasteiger charge is 2.26. The number of amides is 1. The van der Waals surface area contributed by atoms with Crippen LogP contribution in [-0.2, 0) is 10.0 Å². The van der Waals surface area contributed by atoms with E-state index in [2.05, 4.69) is 5.32 Å². The molecule has 2 aromatic carbocycles. The van der Waals surface area contributed by atoms with Gasteiger partial charge in [-0.05, 0) is 49.2 Å². The van der Waals surface area contributed by atoms with Gasteiger partial charge in [0.2, 0.25) is 10.0 Å². The van der Waals surface area contributed by atoms with Crippen molar-refractivity contribution in [1.29, 1.82) is 0 Å². The molecule has 26 heavy (non-hydrogen) atoms. The molecule has 1 fully saturated rings. The molecule has 138 valence electrons. The second-order valence-electron chi connectivity index (χ2n) is 6.08. The summed E-state index contributed by atoms with van der Waals surface area (Å²) in [7, 11) is -3.59. The van der Waals surface area contributed by atoms with Crippen molar-refractivity contribution in [3.63, 3.8) is 0 Å². The zero-order chi connectivity index (χ0) is 18.7. The van der Waals surface area contributed by atoms with E-state index < -0.39 is 15.9 Å². The van der Waals surface area contributed by atoms with Crippen molar-refractivity contribution in [2.24, 2.45) is 0 Å². The average Bonchev–Trinajstić information content (AvgIpc) is 2.65. The molecule has 0 unspecified atom stereocenters. The van der Waals surface area contributed by atoms with Crippen LogP contribution < -0.4 is 5.32 Å². The number of carbonyl (C=O) groups is 1. The zero-order valence-corrected chi connectivity index (χ0v) is 16.2. The number of hydrogen-bond acceptors (Lipinski definition) is 3. The van der Waals surface area contributed by atoms with Gasteiger partial charge in [0.15, 0.2) is 0 Å². The van der Waals surface area contributed by atoms with Crippen molar-refractivity contribution in [1.82, 2.24) is 4.31 Å². The number of halogens is 2. The molecule has 1 heterocycles. The number of nitrogens with one attached hydrogen (secondary N) is 1. The Balaban J connectivity index is 1.82. The maximum absolute atomic E-state index is 12.8. The fourth-order valence-corrected chi connectivity index (χ4v) is 4.69. The number of rotatable bonds is 4. The van der Waals surface area contributed by atoms with Gasteiger partial charge in [-0.15, -0.1) is 0 Å². The number of piperidine rings is 1. The lowest BCUT2D eigenvalue weighted by Gasteiger charge is -2.26. The molecular formula is C18H18Cl2N2O3S. The van der Waals surface area contributed by atoms with E-state index in [0.717, 1.165) is 19.3 Å². The van der Waals surface area contributed by atoms with Crippen molar-refractivity contribution in [3.05, 3.63) is 58.1 Å². The molecule has 5 nitrogen and oxygen atoms in total. The van der Waals surface area contributed by atoms with Crippen LogP contribution in [0, 0.1) is 0 Å². The molecule has 0 saturated carbocycles. The van der Waals surface area contributed by atoms with Crippen molar-refractivity contribution in [2.45, 2.75) is 24.2 Å². The Hall–Kier alpha value is -1.60. The Labute approximate surface area is 163 Å². The lowest BCUT2D eigenvalue weighted by Crippen LogP contribution is -2.35. The summed E-state index contributed by atoms with van der Waals surface area (Å²) in [5.74, 6) is -0.418. The van der Waals surface area contributed by atoms with Gasteiger partial charge in [-0.3, -0.25) is 4.79 Å². The average molecular weight is 413 g/mol. The standard InChI is InChI=1S/C18H18Cl2N2O3S/c19-16-8-7-14(12-17(16)20)21-18(23)13-5-4-6-15(11-13)26(24,25)22-9-2-1-3-10-22/h4-8,11-12H,1-3,9-10H2,(H,21,23). The number of benzene rings is 2. The molecule has 0 aliphatic carbocycles. The van der Waals surface area contributed by atoms with Crippen molar-refractivity contribution < 1.29 is 13.2 Å². The predicted octanol–water partition coefficient (Wildman–Crippen LogP) is 4.42. The summed E-state index contributed by atoms with van der Waals surface area (Å²) in [4.78, 5) is 12.6. The lowest BCUT2D eigenvalue weighted by molar-refractivity contribution is 0.102. The SMILES string of the molecule is O=C(Nc1ccc(Cl)c(Cl)c1)c1cccc(S(=O)(=O)N2CCCCC2)c1. The van der Waals surface area contributed by atoms with Crippen LogP contribution in [-0.4, -0.2) is 31.7 Å². The highest BCUT2D eigenvalue weighted by atomic mass is 35.5. The topological polar surface area (TPSA) is 66.5 Å². The van der Waals surface area contributed by atoms with Crippen LogP contribution in [0.3, 0.4) is 0 Å². The maximum Gasteiger partial charge on any atom is 0.255 e. The van der Waals surface area contributed by atoms with Crippen LogP contribution in [0.25, 0.3) is 0 Å². The van der Waals surface area contributed by atoms with Crippen LogP contribution in [0.4, 0.5) is 5.69 Å². The summed E-state index contributed by atoms with van der Waals surface area (Å²) in [5, 5.41) is 3.41. The van der Waals surface area contributed by atoms with Crippen molar-refractivity contribution in [2.75, 3.05) is 18.4 Å². The van der Waals surface area contributed by atoms with Gasteiger partial charge in [0.05, 0.1) is 14.9 Å². The van der Waals surface area contributed by atoms with Gasteiger partial charge in [-0.2, -0.15) is 4.31 Å². The number of sulfonamides is 1. The Kier molecular flexibility index (Phi) is 5.87. The van der Waals surface area contributed by atoms with Gasteiger partial charge in [-0.1, -0.05) is 35.7 Å². The van der Waals surface area contributed by atoms with E-state index in [1.807, 2.05) is 0 Å². The molecule has 0 spiro atoms. The first kappa shape index (κ1) is 19.2. The highest BCUT2D eigenvalue weighted by Crippen LogP contribution is 2.26. The summed E-state index contributed by atoms with van der Waals surface area (Å²) >= 11 is 11.8. The fraction of sp³-hybridized carbons (Fsp3) is 0.278. The van der Waals surface area contributed by atoms with Crippen LogP contribution in [0.15, 0.2) is 47.4 Å². The monoisotopic (exact) mass is 412 g/mol. The van der Waals surface area contributed by atoms with E-state index in [9.17, 15) is 13.2 Å². The van der Waals surface area contributed by atoms with Crippen LogP contribution >= 0.6 is 23.2 Å². The van der Waals surface area contributed by atoms with Gasteiger partial charge in [0.1, 0.15) is 0 Å². The Morgan fingerprint density at radius 3 is 2.38 bits per heavy atom. The van der Waals surface area contributed by atoms with Crippen LogP contribution in [0.5, 0.6) is 0 Å². The molecule has 0 bridgehead atoms. The molecule has 1 saturated heterocycles. The normalized spacial score (nSPS) is 15.6. The lowest BCUT2D eigenvalue weighted by atomic mass is 10.2. The summed E-state index contributed by atoms with van der Waals surface area (Å²) in [5.41, 5.74) is 0.739. The summed E-state index contributed by atoms with van der Waals surface area (Å²) in [6, 6.07) is 10.8. The molecular weight excluding hydrogens is 395 g/mol. The van der Waals surface area contributed by atoms with Crippen molar-refractivity contribution in [3.8, 4) is 0 Å². The van der Waals surface area contributed by atoms with Gasteiger partial charge in [0, 0.05) is 24.3 Å². The van der Waals surface area contributed by atoms with Gasteiger partial charge >= 0.3 is 0 Å². The van der Waals surface area contributed by atoms with Crippen molar-refractivity contribution >= 4 is 44.8 Å². The third-order valence-corrected chi connectivity index (χ3v) is 6.86. The molecule has 3 rings (SSSR count). The number of nitrogens with zero attached hydrogens (tertiary/aromatic N) is 1. The molecule has 8 heteroatoms. The fourth-order valence-electron chi connectivity index (χ4n) is 2.83. The number of hydrogen-bond donors (Lipinski definition) is 1. The summed E-state index contributed by atoms with van der Waals surface area (Å²) in [6.45, 7) is 1.03. The third kappa shape index (κ3) is 4.20. The van der Waals surface area contributed by atoms with E-state index in [-0.39, 0.29) is 10.5 Å². The Morgan fingerprint density at radius 2 is 1.69 bits per heavy atom. The van der Waals surface area contributed by atoms with E-state index >= 15 is 0 Å². The molecule has 2 aromatic rings. The molecule has 0 aromatic heterocycles. The Morgan fingerprint density at radius 1 is 0.962 bits per heavy atom. The minimum absolute atomic E-state index is 0.126. The second kappa shape index (κ2) is 7.96. The quantitative estimate of drug-likeness (QED) is 0.807. The minimum atomic E-state index is -3.59. The van der Waals surface area contributed by atoms with E-state index in [0.29, 0.717) is 28.8 Å². The van der Waals surface area contributed by atoms with E-state index in [1.54, 1.807) is 24.3 Å². The van der Waals surface area contributed by atoms with Gasteiger partial charge < -0.3 is 5.32 Å². The second-order valence-corrected chi connectivity index (χ2v) is 8.83. The molecule has 1 aliphatic rings. The maximum atomic E-state index is 12.8. The summed E-state index contributed by atoms with van der Waals surface area (Å²) in [6.07, 6.45) is 2.76. The Bertz CT molecular complexity index is 926. The smallest absolute Gasteiger partial charge is 0.255 e. The minimum Gasteiger partial charge on any atom is -0.322 e. The van der Waals surface area contributed by atoms with Crippen LogP contribution in [0.2, 0.25) is 10.0 Å². The molecule has 0 atom stereocenters. The third-order valence-electron chi connectivity index (χ3n) is 4.23. The van der Waals surface area contributed by atoms with Gasteiger partial charge in [-0.25, -0.2) is 8.42 Å². The first-order chi connectivity index (χ1) is 12.4. The summed E-state index contributed by atoms with van der Waals surface area (Å²) < 4.78 is 27.0. The highest BCUT2D eigenvalue weighted by molar-refractivity contribution is 7.89. The molecule has 1 aliphatic heterocycles. The first-order valence-corrected chi connectivity index (χ1v) is 10.4.